The molecule has 8 heteroatoms. The first-order valence-corrected chi connectivity index (χ1v) is 12.5. The van der Waals surface area contributed by atoms with Crippen LogP contribution in [0.4, 0.5) is 0 Å². The molecule has 0 aromatic carbocycles. The summed E-state index contributed by atoms with van der Waals surface area (Å²) in [6.07, 6.45) is 7.70. The Balaban J connectivity index is 1.69. The molecule has 0 saturated heterocycles. The fraction of sp³-hybridized carbons (Fsp3) is 0.667. The fourth-order valence-corrected chi connectivity index (χ4v) is 4.21. The summed E-state index contributed by atoms with van der Waals surface area (Å²) in [5.41, 5.74) is 0. The smallest absolute Gasteiger partial charge is 0.457 e. The van der Waals surface area contributed by atoms with Crippen LogP contribution in [0.1, 0.15) is 83.2 Å². The van der Waals surface area contributed by atoms with Gasteiger partial charge in [-0.3, -0.25) is 9.59 Å². The van der Waals surface area contributed by atoms with Gasteiger partial charge in [0.25, 0.3) is 0 Å². The minimum Gasteiger partial charge on any atom is -0.457 e. The van der Waals surface area contributed by atoms with Crippen molar-refractivity contribution in [1.29, 1.82) is 0 Å². The van der Waals surface area contributed by atoms with Gasteiger partial charge in [0.05, 0.1) is 12.2 Å². The van der Waals surface area contributed by atoms with Gasteiger partial charge in [0.2, 0.25) is 0 Å². The summed E-state index contributed by atoms with van der Waals surface area (Å²) >= 11 is 0. The van der Waals surface area contributed by atoms with E-state index in [4.69, 9.17) is 13.6 Å². The number of aryl methyl sites for hydroxylation is 1. The van der Waals surface area contributed by atoms with Crippen molar-refractivity contribution in [2.45, 2.75) is 97.4 Å². The molecule has 0 amide bonds. The van der Waals surface area contributed by atoms with E-state index in [0.717, 1.165) is 25.7 Å². The third kappa shape index (κ3) is 9.50. The number of ether oxygens (including phenoxy) is 1. The highest BCUT2D eigenvalue weighted by molar-refractivity contribution is 5.84. The number of aliphatic hydroxyl groups excluding tert-OH is 2. The van der Waals surface area contributed by atoms with Crippen LogP contribution in [0.15, 0.2) is 25.8 Å². The van der Waals surface area contributed by atoms with E-state index in [2.05, 4.69) is 11.8 Å². The number of esters is 1. The SMILES string of the molecule is CCC#CC[C@H](C)[C@H](O)/C=C/[C@H]1[C@H](O)CC(=O)[C@@H]1CCCCCCC(=O)OCc1oc(=O)oc1C. The van der Waals surface area contributed by atoms with Gasteiger partial charge in [-0.15, -0.1) is 11.8 Å². The lowest BCUT2D eigenvalue weighted by atomic mass is 9.88. The molecule has 0 spiro atoms. The van der Waals surface area contributed by atoms with Gasteiger partial charge in [0.1, 0.15) is 5.78 Å². The van der Waals surface area contributed by atoms with E-state index in [1.54, 1.807) is 19.1 Å². The summed E-state index contributed by atoms with van der Waals surface area (Å²) in [6.45, 7) is 5.35. The minimum absolute atomic E-state index is 0.0213. The Bertz CT molecular complexity index is 960. The molecule has 1 aromatic heterocycles. The molecule has 1 aliphatic rings. The zero-order valence-corrected chi connectivity index (χ0v) is 21.0. The predicted molar refractivity (Wildman–Crippen MR) is 129 cm³/mol. The van der Waals surface area contributed by atoms with Gasteiger partial charge in [-0.05, 0) is 25.7 Å². The Kier molecular flexibility index (Phi) is 12.0. The first-order chi connectivity index (χ1) is 16.7. The van der Waals surface area contributed by atoms with Crippen LogP contribution in [-0.2, 0) is 20.9 Å². The van der Waals surface area contributed by atoms with Crippen molar-refractivity contribution in [3.8, 4) is 11.8 Å². The largest absolute Gasteiger partial charge is 0.519 e. The number of unbranched alkanes of at least 4 members (excludes halogenated alkanes) is 3. The molecular weight excluding hydrogens is 452 g/mol. The highest BCUT2D eigenvalue weighted by Crippen LogP contribution is 2.34. The van der Waals surface area contributed by atoms with Crippen molar-refractivity contribution in [3.63, 3.8) is 0 Å². The second-order valence-electron chi connectivity index (χ2n) is 9.23. The molecule has 0 radical (unpaired) electrons. The van der Waals surface area contributed by atoms with Gasteiger partial charge in [-0.25, -0.2) is 4.79 Å². The number of rotatable bonds is 13. The van der Waals surface area contributed by atoms with E-state index in [0.29, 0.717) is 25.0 Å². The zero-order chi connectivity index (χ0) is 25.8. The molecule has 5 atom stereocenters. The lowest BCUT2D eigenvalue weighted by Crippen LogP contribution is -2.20. The number of Topliss-reactive ketones (excluding diaryl/α,β-unsaturated/α-hetero) is 1. The van der Waals surface area contributed by atoms with E-state index in [9.17, 15) is 24.6 Å². The number of hydrogen-bond acceptors (Lipinski definition) is 8. The quantitative estimate of drug-likeness (QED) is 0.185. The van der Waals surface area contributed by atoms with E-state index in [-0.39, 0.29) is 54.7 Å². The highest BCUT2D eigenvalue weighted by Gasteiger charge is 2.39. The lowest BCUT2D eigenvalue weighted by Gasteiger charge is -2.19. The molecular formula is C27H38O8. The van der Waals surface area contributed by atoms with E-state index < -0.39 is 18.0 Å². The van der Waals surface area contributed by atoms with Gasteiger partial charge in [0, 0.05) is 37.5 Å². The first-order valence-electron chi connectivity index (χ1n) is 12.5. The molecule has 1 saturated carbocycles. The summed E-state index contributed by atoms with van der Waals surface area (Å²) in [4.78, 5) is 35.3. The van der Waals surface area contributed by atoms with Crippen molar-refractivity contribution in [3.05, 3.63) is 34.3 Å². The van der Waals surface area contributed by atoms with Crippen molar-refractivity contribution in [2.75, 3.05) is 0 Å². The van der Waals surface area contributed by atoms with Crippen molar-refractivity contribution in [2.24, 2.45) is 17.8 Å². The Hall–Kier alpha value is -2.63. The van der Waals surface area contributed by atoms with Crippen LogP contribution < -0.4 is 5.82 Å². The number of hydrogen-bond donors (Lipinski definition) is 2. The maximum Gasteiger partial charge on any atom is 0.519 e. The topological polar surface area (TPSA) is 127 Å². The summed E-state index contributed by atoms with van der Waals surface area (Å²) in [5.74, 6) is 4.87. The molecule has 1 heterocycles. The average molecular weight is 491 g/mol. The molecule has 0 aliphatic heterocycles. The summed E-state index contributed by atoms with van der Waals surface area (Å²) in [7, 11) is 0. The van der Waals surface area contributed by atoms with Crippen molar-refractivity contribution >= 4 is 11.8 Å². The third-order valence-electron chi connectivity index (χ3n) is 6.42. The monoisotopic (exact) mass is 490 g/mol. The van der Waals surface area contributed by atoms with Gasteiger partial charge in [0.15, 0.2) is 18.1 Å². The van der Waals surface area contributed by atoms with Crippen molar-refractivity contribution in [1.82, 2.24) is 0 Å². The number of aliphatic hydroxyl groups is 2. The summed E-state index contributed by atoms with van der Waals surface area (Å²) in [5, 5.41) is 20.7. The Labute approximate surface area is 206 Å². The van der Waals surface area contributed by atoms with Crippen LogP contribution in [0.2, 0.25) is 0 Å². The third-order valence-corrected chi connectivity index (χ3v) is 6.42. The second-order valence-corrected chi connectivity index (χ2v) is 9.23. The normalized spacial score (nSPS) is 21.6. The molecule has 194 valence electrons. The minimum atomic E-state index is -0.817. The number of ketones is 1. The van der Waals surface area contributed by atoms with E-state index in [1.165, 1.54) is 0 Å². The molecule has 2 rings (SSSR count). The molecule has 1 fully saturated rings. The fourth-order valence-electron chi connectivity index (χ4n) is 4.21. The summed E-state index contributed by atoms with van der Waals surface area (Å²) in [6, 6.07) is 0. The lowest BCUT2D eigenvalue weighted by molar-refractivity contribution is -0.145. The molecule has 8 nitrogen and oxygen atoms in total. The number of carbonyl (C=O) groups excluding carboxylic acids is 2. The van der Waals surface area contributed by atoms with Crippen LogP contribution in [-0.4, -0.2) is 34.2 Å². The van der Waals surface area contributed by atoms with E-state index in [1.807, 2.05) is 13.8 Å². The van der Waals surface area contributed by atoms with Crippen LogP contribution >= 0.6 is 0 Å². The molecule has 2 N–H and O–H groups in total. The Morgan fingerprint density at radius 2 is 1.94 bits per heavy atom. The van der Waals surface area contributed by atoms with Crippen LogP contribution in [0.5, 0.6) is 0 Å². The van der Waals surface area contributed by atoms with Gasteiger partial charge in [-0.1, -0.05) is 45.3 Å². The molecule has 1 aromatic rings. The van der Waals surface area contributed by atoms with E-state index >= 15 is 0 Å². The standard InChI is InChI=1S/C27H38O8/c1-4-5-8-11-18(2)22(28)15-14-21-20(23(29)16-24(21)30)12-9-6-7-10-13-26(31)33-17-25-19(3)34-27(32)35-25/h14-15,18,20-22,24,28,30H,4,6-7,9-13,16-17H2,1-3H3/b15-14+/t18-,20+,21+,22+,24+/m0/s1. The molecule has 1 aliphatic carbocycles. The Morgan fingerprint density at radius 1 is 1.20 bits per heavy atom. The second kappa shape index (κ2) is 14.7. The maximum absolute atomic E-state index is 12.4. The number of carbonyl (C=O) groups is 2. The Morgan fingerprint density at radius 3 is 2.63 bits per heavy atom. The molecule has 35 heavy (non-hydrogen) atoms. The summed E-state index contributed by atoms with van der Waals surface area (Å²) < 4.78 is 14.6. The van der Waals surface area contributed by atoms with Crippen molar-refractivity contribution < 1.29 is 33.4 Å². The molecule has 0 bridgehead atoms. The van der Waals surface area contributed by atoms with Crippen LogP contribution in [0.25, 0.3) is 0 Å². The first kappa shape index (κ1) is 28.6. The zero-order valence-electron chi connectivity index (χ0n) is 21.0. The predicted octanol–water partition coefficient (Wildman–Crippen LogP) is 3.85. The van der Waals surface area contributed by atoms with Gasteiger partial charge >= 0.3 is 11.8 Å². The van der Waals surface area contributed by atoms with Crippen LogP contribution in [0.3, 0.4) is 0 Å². The highest BCUT2D eigenvalue weighted by atomic mass is 16.6. The van der Waals surface area contributed by atoms with Crippen LogP contribution in [0, 0.1) is 36.5 Å². The van der Waals surface area contributed by atoms with Gasteiger partial charge < -0.3 is 23.8 Å². The molecule has 0 unspecified atom stereocenters. The van der Waals surface area contributed by atoms with Gasteiger partial charge in [-0.2, -0.15) is 0 Å². The maximum atomic E-state index is 12.4. The average Bonchev–Trinajstić information content (AvgIpc) is 3.28.